The van der Waals surface area contributed by atoms with Crippen LogP contribution in [0.15, 0.2) is 53.5 Å². The Kier molecular flexibility index (Phi) is 5.79. The molecule has 2 aromatic carbocycles. The number of nitriles is 1. The first-order chi connectivity index (χ1) is 16.9. The van der Waals surface area contributed by atoms with Crippen molar-refractivity contribution in [1.82, 2.24) is 14.8 Å². The minimum atomic E-state index is -0.523. The van der Waals surface area contributed by atoms with E-state index in [1.54, 1.807) is 17.4 Å². The fourth-order valence-corrected chi connectivity index (χ4v) is 5.57. The smallest absolute Gasteiger partial charge is 0.308 e. The monoisotopic (exact) mass is 481 g/mol. The van der Waals surface area contributed by atoms with Crippen molar-refractivity contribution in [1.29, 1.82) is 5.26 Å². The molecule has 174 valence electrons. The summed E-state index contributed by atoms with van der Waals surface area (Å²) in [6, 6.07) is 17.4. The number of methoxy groups -OCH3 is 1. The molecule has 3 heterocycles. The molecule has 0 aliphatic carbocycles. The summed E-state index contributed by atoms with van der Waals surface area (Å²) in [7, 11) is 1.38. The van der Waals surface area contributed by atoms with Gasteiger partial charge in [0, 0.05) is 16.0 Å². The van der Waals surface area contributed by atoms with E-state index in [2.05, 4.69) is 30.1 Å². The minimum absolute atomic E-state index is 0.0736. The van der Waals surface area contributed by atoms with Crippen LogP contribution >= 0.6 is 11.3 Å². The number of aryl methyl sites for hydroxylation is 2. The Bertz CT molecular complexity index is 1520. The fourth-order valence-electron chi connectivity index (χ4n) is 4.35. The van der Waals surface area contributed by atoms with Crippen LogP contribution in [0.2, 0.25) is 0 Å². The van der Waals surface area contributed by atoms with Crippen LogP contribution in [-0.2, 0) is 9.53 Å². The summed E-state index contributed by atoms with van der Waals surface area (Å²) in [5, 5.41) is 18.9. The average molecular weight is 482 g/mol. The van der Waals surface area contributed by atoms with Gasteiger partial charge in [-0.1, -0.05) is 36.4 Å². The summed E-state index contributed by atoms with van der Waals surface area (Å²) in [4.78, 5) is 18.6. The molecule has 0 N–H and O–H groups in total. The molecule has 0 amide bonds. The number of carbonyl (C=O) groups is 1. The SMILES string of the molecule is COC(=O)CC1N=C(c2ccc(-c3cccc(C#N)c3)cc2)c2c(sc(C)c2C)-n2c(C)nnc21. The van der Waals surface area contributed by atoms with Crippen LogP contribution in [0.3, 0.4) is 0 Å². The summed E-state index contributed by atoms with van der Waals surface area (Å²) < 4.78 is 6.98. The highest BCUT2D eigenvalue weighted by molar-refractivity contribution is 7.15. The Hall–Kier alpha value is -4.09. The van der Waals surface area contributed by atoms with Gasteiger partial charge in [0.05, 0.1) is 30.9 Å². The normalized spacial score (nSPS) is 14.4. The zero-order valence-corrected chi connectivity index (χ0v) is 20.7. The van der Waals surface area contributed by atoms with Gasteiger partial charge in [-0.2, -0.15) is 5.26 Å². The third-order valence-electron chi connectivity index (χ3n) is 6.31. The number of nitrogens with zero attached hydrogens (tertiary/aromatic N) is 5. The van der Waals surface area contributed by atoms with Crippen molar-refractivity contribution >= 4 is 23.0 Å². The van der Waals surface area contributed by atoms with Crippen LogP contribution in [0, 0.1) is 32.1 Å². The second-order valence-corrected chi connectivity index (χ2v) is 9.65. The van der Waals surface area contributed by atoms with Gasteiger partial charge in [-0.05, 0) is 49.6 Å². The minimum Gasteiger partial charge on any atom is -0.469 e. The lowest BCUT2D eigenvalue weighted by Gasteiger charge is -2.12. The van der Waals surface area contributed by atoms with Gasteiger partial charge >= 0.3 is 5.97 Å². The fraction of sp³-hybridized carbons (Fsp3) is 0.222. The Morgan fingerprint density at radius 3 is 2.54 bits per heavy atom. The molecule has 5 rings (SSSR count). The number of benzene rings is 2. The number of aromatic nitrogens is 3. The summed E-state index contributed by atoms with van der Waals surface area (Å²) in [6.07, 6.45) is 0.0736. The van der Waals surface area contributed by atoms with Gasteiger partial charge < -0.3 is 4.74 Å². The number of aliphatic imine (C=N–C) groups is 1. The van der Waals surface area contributed by atoms with Gasteiger partial charge in [-0.15, -0.1) is 21.5 Å². The molecule has 0 saturated heterocycles. The molecule has 0 bridgehead atoms. The lowest BCUT2D eigenvalue weighted by Crippen LogP contribution is -2.12. The first-order valence-corrected chi connectivity index (χ1v) is 12.0. The van der Waals surface area contributed by atoms with E-state index in [1.807, 2.05) is 54.0 Å². The molecule has 2 aromatic heterocycles. The first-order valence-electron chi connectivity index (χ1n) is 11.2. The first kappa shape index (κ1) is 22.7. The number of hydrogen-bond donors (Lipinski definition) is 0. The predicted octanol–water partition coefficient (Wildman–Crippen LogP) is 5.25. The molecular formula is C27H23N5O2S. The number of fused-ring (bicyclic) bond motifs is 3. The lowest BCUT2D eigenvalue weighted by atomic mass is 9.96. The third kappa shape index (κ3) is 3.94. The van der Waals surface area contributed by atoms with Gasteiger partial charge in [0.1, 0.15) is 16.9 Å². The zero-order valence-electron chi connectivity index (χ0n) is 19.9. The molecule has 1 atom stereocenters. The molecule has 1 aliphatic rings. The van der Waals surface area contributed by atoms with E-state index in [9.17, 15) is 10.1 Å². The van der Waals surface area contributed by atoms with Crippen LogP contribution < -0.4 is 0 Å². The average Bonchev–Trinajstić information content (AvgIpc) is 3.36. The summed E-state index contributed by atoms with van der Waals surface area (Å²) in [6.45, 7) is 6.11. The Morgan fingerprint density at radius 1 is 1.09 bits per heavy atom. The van der Waals surface area contributed by atoms with Crippen LogP contribution in [-0.4, -0.2) is 33.6 Å². The Labute approximate surface area is 207 Å². The molecule has 0 radical (unpaired) electrons. The Morgan fingerprint density at radius 2 is 1.83 bits per heavy atom. The van der Waals surface area contributed by atoms with E-state index in [-0.39, 0.29) is 12.4 Å². The lowest BCUT2D eigenvalue weighted by molar-refractivity contribution is -0.141. The van der Waals surface area contributed by atoms with Gasteiger partial charge in [0.15, 0.2) is 5.82 Å². The molecule has 7 nitrogen and oxygen atoms in total. The summed E-state index contributed by atoms with van der Waals surface area (Å²) >= 11 is 1.68. The van der Waals surface area contributed by atoms with Gasteiger partial charge in [0.25, 0.3) is 0 Å². The number of esters is 1. The van der Waals surface area contributed by atoms with E-state index in [0.29, 0.717) is 11.4 Å². The number of carbonyl (C=O) groups excluding carboxylic acids is 1. The maximum atomic E-state index is 12.3. The van der Waals surface area contributed by atoms with Gasteiger partial charge in [-0.3, -0.25) is 14.4 Å². The van der Waals surface area contributed by atoms with E-state index >= 15 is 0 Å². The largest absolute Gasteiger partial charge is 0.469 e. The highest BCUT2D eigenvalue weighted by Crippen LogP contribution is 2.39. The highest BCUT2D eigenvalue weighted by Gasteiger charge is 2.32. The van der Waals surface area contributed by atoms with Crippen molar-refractivity contribution in [2.45, 2.75) is 33.2 Å². The van der Waals surface area contributed by atoms with Crippen molar-refractivity contribution in [3.8, 4) is 22.2 Å². The zero-order chi connectivity index (χ0) is 24.7. The summed E-state index contributed by atoms with van der Waals surface area (Å²) in [5.41, 5.74) is 6.55. The number of ether oxygens (including phenoxy) is 1. The van der Waals surface area contributed by atoms with Crippen LogP contribution in [0.5, 0.6) is 0 Å². The number of rotatable bonds is 4. The van der Waals surface area contributed by atoms with Crippen LogP contribution in [0.1, 0.15) is 51.2 Å². The molecule has 0 fully saturated rings. The second-order valence-electron chi connectivity index (χ2n) is 8.45. The molecule has 1 aliphatic heterocycles. The van der Waals surface area contributed by atoms with Gasteiger partial charge in [-0.25, -0.2) is 0 Å². The summed E-state index contributed by atoms with van der Waals surface area (Å²) in [5.74, 6) is 1.04. The molecule has 8 heteroatoms. The molecule has 0 spiro atoms. The molecule has 35 heavy (non-hydrogen) atoms. The second kappa shape index (κ2) is 8.93. The predicted molar refractivity (Wildman–Crippen MR) is 135 cm³/mol. The van der Waals surface area contributed by atoms with E-state index in [1.165, 1.54) is 12.0 Å². The van der Waals surface area contributed by atoms with Crippen molar-refractivity contribution < 1.29 is 9.53 Å². The van der Waals surface area contributed by atoms with Crippen LogP contribution in [0.25, 0.3) is 16.1 Å². The van der Waals surface area contributed by atoms with Crippen molar-refractivity contribution in [3.63, 3.8) is 0 Å². The molecule has 4 aromatic rings. The highest BCUT2D eigenvalue weighted by atomic mass is 32.1. The van der Waals surface area contributed by atoms with Crippen molar-refractivity contribution in [3.05, 3.63) is 87.3 Å². The number of thiophene rings is 1. The van der Waals surface area contributed by atoms with E-state index < -0.39 is 6.04 Å². The molecule has 0 saturated carbocycles. The molecule has 1 unspecified atom stereocenters. The standard InChI is InChI=1S/C27H23N5O2S/c1-15-16(2)35-27-24(15)25(29-22(13-23(33)34-4)26-31-30-17(3)32(26)27)20-10-8-19(9-11-20)21-7-5-6-18(12-21)14-28/h5-12,22H,13H2,1-4H3. The maximum Gasteiger partial charge on any atom is 0.308 e. The molecular weight excluding hydrogens is 458 g/mol. The van der Waals surface area contributed by atoms with E-state index in [0.717, 1.165) is 44.4 Å². The number of hydrogen-bond acceptors (Lipinski definition) is 7. The third-order valence-corrected chi connectivity index (χ3v) is 7.50. The van der Waals surface area contributed by atoms with Crippen molar-refractivity contribution in [2.24, 2.45) is 4.99 Å². The van der Waals surface area contributed by atoms with Crippen LogP contribution in [0.4, 0.5) is 0 Å². The topological polar surface area (TPSA) is 93.2 Å². The van der Waals surface area contributed by atoms with E-state index in [4.69, 9.17) is 9.73 Å². The Balaban J connectivity index is 1.67. The van der Waals surface area contributed by atoms with Crippen molar-refractivity contribution in [2.75, 3.05) is 7.11 Å². The quantitative estimate of drug-likeness (QED) is 0.371. The van der Waals surface area contributed by atoms with Gasteiger partial charge in [0.2, 0.25) is 0 Å². The maximum absolute atomic E-state index is 12.3.